The van der Waals surface area contributed by atoms with Crippen LogP contribution in [-0.4, -0.2) is 17.8 Å². The summed E-state index contributed by atoms with van der Waals surface area (Å²) in [4.78, 5) is 0. The highest BCUT2D eigenvalue weighted by molar-refractivity contribution is 9.10. The van der Waals surface area contributed by atoms with E-state index in [0.717, 1.165) is 19.4 Å². The van der Waals surface area contributed by atoms with Gasteiger partial charge in [-0.1, -0.05) is 22.0 Å². The number of aryl methyl sites for hydroxylation is 1. The third-order valence-electron chi connectivity index (χ3n) is 3.37. The van der Waals surface area contributed by atoms with Gasteiger partial charge in [0.1, 0.15) is 0 Å². The summed E-state index contributed by atoms with van der Waals surface area (Å²) in [6.45, 7) is 2.84. The first-order chi connectivity index (χ1) is 8.16. The largest absolute Gasteiger partial charge is 0.393 e. The van der Waals surface area contributed by atoms with E-state index in [1.807, 2.05) is 6.92 Å². The molecule has 0 saturated carbocycles. The molecule has 1 aromatic rings. The fourth-order valence-corrected chi connectivity index (χ4v) is 2.88. The summed E-state index contributed by atoms with van der Waals surface area (Å²) in [5, 5.41) is 12.8. The van der Waals surface area contributed by atoms with Gasteiger partial charge in [-0.15, -0.1) is 0 Å². The Labute approximate surface area is 112 Å². The number of aliphatic hydroxyl groups excluding tert-OH is 1. The fraction of sp³-hybridized carbons (Fsp3) is 0.571. The van der Waals surface area contributed by atoms with Gasteiger partial charge in [0, 0.05) is 10.5 Å². The number of halogens is 1. The van der Waals surface area contributed by atoms with Gasteiger partial charge in [0.15, 0.2) is 0 Å². The molecular formula is C14H20BrNO. The first-order valence-corrected chi connectivity index (χ1v) is 7.16. The van der Waals surface area contributed by atoms with Crippen LogP contribution in [0.15, 0.2) is 22.7 Å². The maximum Gasteiger partial charge on any atom is 0.0512 e. The molecule has 1 aliphatic rings. The molecule has 1 aromatic carbocycles. The first-order valence-electron chi connectivity index (χ1n) is 6.36. The number of rotatable bonds is 5. The van der Waals surface area contributed by atoms with Crippen molar-refractivity contribution >= 4 is 15.9 Å². The SMILES string of the molecule is CC(O)CCCNC1CCc2cc(Br)ccc21. The molecule has 0 aromatic heterocycles. The standard InChI is InChI=1S/C14H20BrNO/c1-10(17)3-2-8-16-14-7-4-11-9-12(15)5-6-13(11)14/h5-6,9-10,14,16-17H,2-4,7-8H2,1H3. The lowest BCUT2D eigenvalue weighted by atomic mass is 10.1. The maximum atomic E-state index is 9.20. The van der Waals surface area contributed by atoms with Crippen LogP contribution >= 0.6 is 15.9 Å². The van der Waals surface area contributed by atoms with Crippen LogP contribution in [0.25, 0.3) is 0 Å². The van der Waals surface area contributed by atoms with Gasteiger partial charge < -0.3 is 10.4 Å². The Morgan fingerprint density at radius 2 is 2.35 bits per heavy atom. The van der Waals surface area contributed by atoms with Crippen LogP contribution in [0.2, 0.25) is 0 Å². The number of nitrogens with one attached hydrogen (secondary N) is 1. The van der Waals surface area contributed by atoms with Crippen molar-refractivity contribution in [1.29, 1.82) is 0 Å². The summed E-state index contributed by atoms with van der Waals surface area (Å²) in [6.07, 6.45) is 4.11. The van der Waals surface area contributed by atoms with Gasteiger partial charge in [-0.2, -0.15) is 0 Å². The number of benzene rings is 1. The van der Waals surface area contributed by atoms with Crippen LogP contribution in [0.5, 0.6) is 0 Å². The van der Waals surface area contributed by atoms with Gasteiger partial charge in [-0.25, -0.2) is 0 Å². The molecule has 17 heavy (non-hydrogen) atoms. The third-order valence-corrected chi connectivity index (χ3v) is 3.87. The Morgan fingerprint density at radius 3 is 3.12 bits per heavy atom. The van der Waals surface area contributed by atoms with E-state index in [0.29, 0.717) is 6.04 Å². The lowest BCUT2D eigenvalue weighted by Crippen LogP contribution is -2.21. The monoisotopic (exact) mass is 297 g/mol. The second-order valence-electron chi connectivity index (χ2n) is 4.88. The predicted octanol–water partition coefficient (Wildman–Crippen LogP) is 3.19. The quantitative estimate of drug-likeness (QED) is 0.818. The Bertz CT molecular complexity index is 378. The third kappa shape index (κ3) is 3.54. The average molecular weight is 298 g/mol. The summed E-state index contributed by atoms with van der Waals surface area (Å²) in [7, 11) is 0. The van der Waals surface area contributed by atoms with Crippen molar-refractivity contribution in [2.75, 3.05) is 6.54 Å². The average Bonchev–Trinajstić information content (AvgIpc) is 2.66. The number of hydrogen-bond donors (Lipinski definition) is 2. The highest BCUT2D eigenvalue weighted by atomic mass is 79.9. The van der Waals surface area contributed by atoms with E-state index in [2.05, 4.69) is 39.4 Å². The van der Waals surface area contributed by atoms with Crippen molar-refractivity contribution in [3.05, 3.63) is 33.8 Å². The van der Waals surface area contributed by atoms with Gasteiger partial charge in [-0.05, 0) is 62.4 Å². The number of aliphatic hydroxyl groups is 1. The minimum absolute atomic E-state index is 0.177. The predicted molar refractivity (Wildman–Crippen MR) is 74.1 cm³/mol. The molecule has 0 heterocycles. The molecule has 0 bridgehead atoms. The molecular weight excluding hydrogens is 278 g/mol. The normalized spacial score (nSPS) is 20.3. The van der Waals surface area contributed by atoms with Crippen molar-refractivity contribution in [3.63, 3.8) is 0 Å². The zero-order valence-electron chi connectivity index (χ0n) is 10.2. The van der Waals surface area contributed by atoms with E-state index < -0.39 is 0 Å². The lowest BCUT2D eigenvalue weighted by molar-refractivity contribution is 0.181. The molecule has 1 aliphatic carbocycles. The van der Waals surface area contributed by atoms with Crippen LogP contribution in [0.1, 0.15) is 43.4 Å². The van der Waals surface area contributed by atoms with Crippen molar-refractivity contribution in [2.24, 2.45) is 0 Å². The summed E-state index contributed by atoms with van der Waals surface area (Å²) in [6, 6.07) is 7.08. The van der Waals surface area contributed by atoms with Crippen molar-refractivity contribution < 1.29 is 5.11 Å². The Hall–Kier alpha value is -0.380. The topological polar surface area (TPSA) is 32.3 Å². The Morgan fingerprint density at radius 1 is 1.53 bits per heavy atom. The van der Waals surface area contributed by atoms with Crippen LogP contribution in [-0.2, 0) is 6.42 Å². The molecule has 94 valence electrons. The molecule has 0 saturated heterocycles. The van der Waals surface area contributed by atoms with Gasteiger partial charge in [0.2, 0.25) is 0 Å². The smallest absolute Gasteiger partial charge is 0.0512 e. The second-order valence-corrected chi connectivity index (χ2v) is 5.80. The van der Waals surface area contributed by atoms with E-state index in [9.17, 15) is 5.11 Å². The zero-order chi connectivity index (χ0) is 12.3. The minimum atomic E-state index is -0.177. The zero-order valence-corrected chi connectivity index (χ0v) is 11.8. The molecule has 0 aliphatic heterocycles. The molecule has 2 unspecified atom stereocenters. The van der Waals surface area contributed by atoms with Crippen LogP contribution < -0.4 is 5.32 Å². The van der Waals surface area contributed by atoms with E-state index in [-0.39, 0.29) is 6.10 Å². The van der Waals surface area contributed by atoms with Crippen LogP contribution in [0.3, 0.4) is 0 Å². The number of hydrogen-bond acceptors (Lipinski definition) is 2. The molecule has 0 spiro atoms. The van der Waals surface area contributed by atoms with Crippen molar-refractivity contribution in [3.8, 4) is 0 Å². The van der Waals surface area contributed by atoms with Gasteiger partial charge in [-0.3, -0.25) is 0 Å². The second kappa shape index (κ2) is 5.98. The van der Waals surface area contributed by atoms with Crippen LogP contribution in [0, 0.1) is 0 Å². The molecule has 0 fully saturated rings. The first kappa shape index (κ1) is 13.1. The lowest BCUT2D eigenvalue weighted by Gasteiger charge is -2.14. The Kier molecular flexibility index (Phi) is 4.60. The molecule has 2 atom stereocenters. The van der Waals surface area contributed by atoms with Gasteiger partial charge >= 0.3 is 0 Å². The van der Waals surface area contributed by atoms with Crippen molar-refractivity contribution in [2.45, 2.75) is 44.8 Å². The minimum Gasteiger partial charge on any atom is -0.393 e. The van der Waals surface area contributed by atoms with E-state index >= 15 is 0 Å². The van der Waals surface area contributed by atoms with E-state index in [1.165, 1.54) is 28.4 Å². The number of fused-ring (bicyclic) bond motifs is 1. The fourth-order valence-electron chi connectivity index (χ4n) is 2.47. The highest BCUT2D eigenvalue weighted by Gasteiger charge is 2.21. The molecule has 0 amide bonds. The van der Waals surface area contributed by atoms with E-state index in [1.54, 1.807) is 0 Å². The van der Waals surface area contributed by atoms with Crippen LogP contribution in [0.4, 0.5) is 0 Å². The molecule has 3 heteroatoms. The molecule has 0 radical (unpaired) electrons. The maximum absolute atomic E-state index is 9.20. The van der Waals surface area contributed by atoms with Gasteiger partial charge in [0.05, 0.1) is 6.10 Å². The van der Waals surface area contributed by atoms with Gasteiger partial charge in [0.25, 0.3) is 0 Å². The van der Waals surface area contributed by atoms with E-state index in [4.69, 9.17) is 0 Å². The summed E-state index contributed by atoms with van der Waals surface area (Å²) in [5.74, 6) is 0. The Balaban J connectivity index is 1.85. The summed E-state index contributed by atoms with van der Waals surface area (Å²) in [5.41, 5.74) is 2.91. The molecule has 2 nitrogen and oxygen atoms in total. The highest BCUT2D eigenvalue weighted by Crippen LogP contribution is 2.32. The molecule has 2 N–H and O–H groups in total. The summed E-state index contributed by atoms with van der Waals surface area (Å²) < 4.78 is 1.17. The van der Waals surface area contributed by atoms with Crippen molar-refractivity contribution in [1.82, 2.24) is 5.32 Å². The summed E-state index contributed by atoms with van der Waals surface area (Å²) >= 11 is 3.52. The molecule has 2 rings (SSSR count).